The molecule has 0 N–H and O–H groups in total. The van der Waals surface area contributed by atoms with E-state index < -0.39 is 0 Å². The molecule has 0 saturated heterocycles. The highest BCUT2D eigenvalue weighted by molar-refractivity contribution is 9.10. The van der Waals surface area contributed by atoms with Crippen LogP contribution in [0.25, 0.3) is 10.1 Å². The molecule has 0 atom stereocenters. The van der Waals surface area contributed by atoms with E-state index in [0.29, 0.717) is 0 Å². The Morgan fingerprint density at radius 3 is 2.77 bits per heavy atom. The number of fused-ring (bicyclic) bond motifs is 1. The van der Waals surface area contributed by atoms with Gasteiger partial charge in [0.1, 0.15) is 0 Å². The van der Waals surface area contributed by atoms with Gasteiger partial charge in [0.2, 0.25) is 0 Å². The van der Waals surface area contributed by atoms with Crippen molar-refractivity contribution < 1.29 is 4.74 Å². The van der Waals surface area contributed by atoms with Gasteiger partial charge in [-0.3, -0.25) is 0 Å². The molecular formula is C10H9BrOS. The molecule has 0 saturated carbocycles. The van der Waals surface area contributed by atoms with Crippen LogP contribution in [0.5, 0.6) is 5.06 Å². The van der Waals surface area contributed by atoms with Crippen LogP contribution in [-0.4, -0.2) is 7.11 Å². The Hall–Kier alpha value is -0.540. The Morgan fingerprint density at radius 1 is 1.38 bits per heavy atom. The third-order valence-electron chi connectivity index (χ3n) is 2.06. The molecular weight excluding hydrogens is 248 g/mol. The number of hydrogen-bond acceptors (Lipinski definition) is 2. The standard InChI is InChI=1S/C10H9BrOS/c1-6-7-4-3-5-8(11)9(7)13-10(6)12-2/h3-5H,1-2H3. The summed E-state index contributed by atoms with van der Waals surface area (Å²) in [5, 5.41) is 2.28. The molecule has 0 spiro atoms. The molecule has 2 aromatic rings. The Balaban J connectivity index is 2.83. The molecule has 0 amide bonds. The smallest absolute Gasteiger partial charge is 0.177 e. The van der Waals surface area contributed by atoms with Gasteiger partial charge in [-0.2, -0.15) is 0 Å². The van der Waals surface area contributed by atoms with Crippen LogP contribution in [0.4, 0.5) is 0 Å². The van der Waals surface area contributed by atoms with E-state index in [4.69, 9.17) is 4.74 Å². The van der Waals surface area contributed by atoms with Crippen LogP contribution < -0.4 is 4.74 Å². The topological polar surface area (TPSA) is 9.23 Å². The van der Waals surface area contributed by atoms with E-state index >= 15 is 0 Å². The molecule has 0 aliphatic rings. The molecule has 68 valence electrons. The van der Waals surface area contributed by atoms with Gasteiger partial charge >= 0.3 is 0 Å². The molecule has 13 heavy (non-hydrogen) atoms. The second-order valence-electron chi connectivity index (χ2n) is 2.84. The van der Waals surface area contributed by atoms with Crippen LogP contribution in [0.2, 0.25) is 0 Å². The summed E-state index contributed by atoms with van der Waals surface area (Å²) in [5.41, 5.74) is 1.23. The molecule has 0 radical (unpaired) electrons. The first-order valence-electron chi connectivity index (χ1n) is 3.95. The fourth-order valence-electron chi connectivity index (χ4n) is 1.38. The van der Waals surface area contributed by atoms with E-state index in [9.17, 15) is 0 Å². The molecule has 0 bridgehead atoms. The molecule has 0 fully saturated rings. The third kappa shape index (κ3) is 1.36. The molecule has 0 aliphatic carbocycles. The van der Waals surface area contributed by atoms with Crippen molar-refractivity contribution in [2.75, 3.05) is 7.11 Å². The van der Waals surface area contributed by atoms with Gasteiger partial charge in [0, 0.05) is 15.4 Å². The van der Waals surface area contributed by atoms with Crippen LogP contribution in [-0.2, 0) is 0 Å². The average Bonchev–Trinajstić information content (AvgIpc) is 2.45. The Kier molecular flexibility index (Phi) is 2.30. The Labute approximate surface area is 89.5 Å². The number of rotatable bonds is 1. The van der Waals surface area contributed by atoms with E-state index in [-0.39, 0.29) is 0 Å². The van der Waals surface area contributed by atoms with E-state index in [1.165, 1.54) is 15.6 Å². The predicted molar refractivity (Wildman–Crippen MR) is 60.8 cm³/mol. The summed E-state index contributed by atoms with van der Waals surface area (Å²) in [5.74, 6) is 0. The number of aryl methyl sites for hydroxylation is 1. The fraction of sp³-hybridized carbons (Fsp3) is 0.200. The summed E-state index contributed by atoms with van der Waals surface area (Å²) in [6.45, 7) is 2.09. The maximum Gasteiger partial charge on any atom is 0.177 e. The van der Waals surface area contributed by atoms with Crippen molar-refractivity contribution in [3.63, 3.8) is 0 Å². The monoisotopic (exact) mass is 256 g/mol. The minimum Gasteiger partial charge on any atom is -0.487 e. The van der Waals surface area contributed by atoms with Gasteiger partial charge in [-0.05, 0) is 28.9 Å². The van der Waals surface area contributed by atoms with Crippen LogP contribution in [0.15, 0.2) is 22.7 Å². The molecule has 1 aromatic carbocycles. The summed E-state index contributed by atoms with van der Waals surface area (Å²) in [7, 11) is 1.71. The lowest BCUT2D eigenvalue weighted by Crippen LogP contribution is -1.79. The lowest BCUT2D eigenvalue weighted by atomic mass is 10.2. The second-order valence-corrected chi connectivity index (χ2v) is 4.67. The number of hydrogen-bond donors (Lipinski definition) is 0. The number of benzene rings is 1. The molecule has 3 heteroatoms. The molecule has 1 nitrogen and oxygen atoms in total. The first kappa shape index (κ1) is 9.03. The van der Waals surface area contributed by atoms with Crippen molar-refractivity contribution >= 4 is 37.4 Å². The van der Waals surface area contributed by atoms with E-state index in [0.717, 1.165) is 9.54 Å². The first-order chi connectivity index (χ1) is 6.24. The van der Waals surface area contributed by atoms with Crippen molar-refractivity contribution in [1.82, 2.24) is 0 Å². The quantitative estimate of drug-likeness (QED) is 0.750. The van der Waals surface area contributed by atoms with Crippen LogP contribution in [0.1, 0.15) is 5.56 Å². The third-order valence-corrected chi connectivity index (χ3v) is 4.28. The SMILES string of the molecule is COc1sc2c(Br)cccc2c1C. The van der Waals surface area contributed by atoms with E-state index in [2.05, 4.69) is 35.0 Å². The lowest BCUT2D eigenvalue weighted by Gasteiger charge is -1.94. The molecule has 0 unspecified atom stereocenters. The summed E-state index contributed by atoms with van der Waals surface area (Å²) in [6, 6.07) is 6.22. The van der Waals surface area contributed by atoms with Crippen LogP contribution in [0, 0.1) is 6.92 Å². The summed E-state index contributed by atoms with van der Waals surface area (Å²) in [4.78, 5) is 0. The highest BCUT2D eigenvalue weighted by atomic mass is 79.9. The second kappa shape index (κ2) is 3.31. The van der Waals surface area contributed by atoms with Gasteiger partial charge in [0.25, 0.3) is 0 Å². The minimum absolute atomic E-state index is 1.00. The average molecular weight is 257 g/mol. The van der Waals surface area contributed by atoms with Crippen LogP contribution in [0.3, 0.4) is 0 Å². The highest BCUT2D eigenvalue weighted by Gasteiger charge is 2.09. The van der Waals surface area contributed by atoms with Gasteiger partial charge in [-0.15, -0.1) is 0 Å². The van der Waals surface area contributed by atoms with Gasteiger partial charge in [-0.25, -0.2) is 0 Å². The maximum atomic E-state index is 5.28. The summed E-state index contributed by atoms with van der Waals surface area (Å²) >= 11 is 5.21. The van der Waals surface area contributed by atoms with Gasteiger partial charge in [0.15, 0.2) is 5.06 Å². The van der Waals surface area contributed by atoms with Crippen molar-refractivity contribution in [2.45, 2.75) is 6.92 Å². The summed E-state index contributed by atoms with van der Waals surface area (Å²) < 4.78 is 7.68. The zero-order valence-electron chi connectivity index (χ0n) is 7.43. The number of thiophene rings is 1. The lowest BCUT2D eigenvalue weighted by molar-refractivity contribution is 0.425. The normalized spacial score (nSPS) is 10.7. The van der Waals surface area contributed by atoms with Gasteiger partial charge in [0.05, 0.1) is 11.8 Å². The Bertz CT molecular complexity index is 447. The highest BCUT2D eigenvalue weighted by Crippen LogP contribution is 2.40. The molecule has 2 rings (SSSR count). The zero-order chi connectivity index (χ0) is 9.42. The van der Waals surface area contributed by atoms with Gasteiger partial charge < -0.3 is 4.74 Å². The first-order valence-corrected chi connectivity index (χ1v) is 5.56. The van der Waals surface area contributed by atoms with Crippen molar-refractivity contribution in [2.24, 2.45) is 0 Å². The van der Waals surface area contributed by atoms with E-state index in [1.807, 2.05) is 6.07 Å². The van der Waals surface area contributed by atoms with Crippen molar-refractivity contribution in [3.05, 3.63) is 28.2 Å². The molecule has 1 aromatic heterocycles. The number of methoxy groups -OCH3 is 1. The molecule has 1 heterocycles. The van der Waals surface area contributed by atoms with Crippen molar-refractivity contribution in [3.8, 4) is 5.06 Å². The van der Waals surface area contributed by atoms with Gasteiger partial charge in [-0.1, -0.05) is 23.5 Å². The number of halogens is 1. The van der Waals surface area contributed by atoms with Crippen LogP contribution >= 0.6 is 27.3 Å². The fourth-order valence-corrected chi connectivity index (χ4v) is 3.02. The zero-order valence-corrected chi connectivity index (χ0v) is 9.83. The Morgan fingerprint density at radius 2 is 2.15 bits per heavy atom. The minimum atomic E-state index is 1.00. The van der Waals surface area contributed by atoms with Crippen molar-refractivity contribution in [1.29, 1.82) is 0 Å². The summed E-state index contributed by atoms with van der Waals surface area (Å²) in [6.07, 6.45) is 0. The maximum absolute atomic E-state index is 5.28. The number of ether oxygens (including phenoxy) is 1. The van der Waals surface area contributed by atoms with E-state index in [1.54, 1.807) is 18.4 Å². The predicted octanol–water partition coefficient (Wildman–Crippen LogP) is 3.98. The molecule has 0 aliphatic heterocycles. The largest absolute Gasteiger partial charge is 0.487 e.